The molecule has 0 aliphatic rings. The van der Waals surface area contributed by atoms with Gasteiger partial charge < -0.3 is 14.2 Å². The van der Waals surface area contributed by atoms with Gasteiger partial charge in [-0.25, -0.2) is 0 Å². The molecule has 6 nitrogen and oxygen atoms in total. The summed E-state index contributed by atoms with van der Waals surface area (Å²) in [6, 6.07) is 0. The summed E-state index contributed by atoms with van der Waals surface area (Å²) in [4.78, 5) is 38.3. The van der Waals surface area contributed by atoms with E-state index in [0.29, 0.717) is 19.3 Å². The molecule has 0 rings (SSSR count). The zero-order valence-corrected chi connectivity index (χ0v) is 52.3. The number of allylic oxidation sites excluding steroid dienone is 20. The maximum atomic E-state index is 12.9. The SMILES string of the molecule is CC/C=C\C/C=C\C/C=C\C/C=C\C/C=C\CCCCCCCCCCCCCCCCCC(=O)OCC(COC(=O)CCCC/C=C\C/C=C\C/C=C\C/C=C\CC)OC(=O)CCCCCCC/C=C\CCCCCCCCC. The van der Waals surface area contributed by atoms with Crippen LogP contribution < -0.4 is 0 Å². The van der Waals surface area contributed by atoms with Crippen LogP contribution in [0.2, 0.25) is 0 Å². The van der Waals surface area contributed by atoms with E-state index in [1.807, 2.05) is 0 Å². The number of carbonyl (C=O) groups is 3. The zero-order valence-electron chi connectivity index (χ0n) is 52.3. The fourth-order valence-electron chi connectivity index (χ4n) is 9.22. The van der Waals surface area contributed by atoms with Gasteiger partial charge in [-0.3, -0.25) is 14.4 Å². The van der Waals surface area contributed by atoms with Crippen molar-refractivity contribution in [3.05, 3.63) is 122 Å². The molecule has 0 aromatic heterocycles. The van der Waals surface area contributed by atoms with Gasteiger partial charge in [-0.05, 0) is 128 Å². The van der Waals surface area contributed by atoms with Crippen LogP contribution in [0, 0.1) is 0 Å². The van der Waals surface area contributed by atoms with Gasteiger partial charge in [0, 0.05) is 19.3 Å². The highest BCUT2D eigenvalue weighted by Crippen LogP contribution is 2.16. The van der Waals surface area contributed by atoms with E-state index in [-0.39, 0.29) is 31.1 Å². The smallest absolute Gasteiger partial charge is 0.306 e. The Bertz CT molecular complexity index is 1650. The third-order valence-electron chi connectivity index (χ3n) is 14.2. The molecule has 1 unspecified atom stereocenters. The first-order chi connectivity index (χ1) is 39.5. The van der Waals surface area contributed by atoms with E-state index in [1.165, 1.54) is 141 Å². The van der Waals surface area contributed by atoms with Gasteiger partial charge in [0.1, 0.15) is 13.2 Å². The molecule has 0 bridgehead atoms. The van der Waals surface area contributed by atoms with Gasteiger partial charge in [0.2, 0.25) is 0 Å². The second-order valence-corrected chi connectivity index (χ2v) is 22.0. The highest BCUT2D eigenvalue weighted by atomic mass is 16.6. The van der Waals surface area contributed by atoms with E-state index in [2.05, 4.69) is 142 Å². The summed E-state index contributed by atoms with van der Waals surface area (Å²) in [6.07, 6.45) is 93.7. The van der Waals surface area contributed by atoms with Crippen LogP contribution in [-0.2, 0) is 28.6 Å². The van der Waals surface area contributed by atoms with E-state index in [1.54, 1.807) is 0 Å². The van der Waals surface area contributed by atoms with Crippen LogP contribution in [0.5, 0.6) is 0 Å². The molecule has 80 heavy (non-hydrogen) atoms. The first-order valence-electron chi connectivity index (χ1n) is 33.5. The number of hydrogen-bond acceptors (Lipinski definition) is 6. The standard InChI is InChI=1S/C74H124O6/c1-4-7-10-13-16-19-22-25-28-30-31-32-33-34-35-36-37-38-39-40-41-42-43-44-47-49-52-55-58-61-64-67-73(76)79-70-71(69-78-72(75)66-63-60-57-54-51-48-45-27-24-21-18-15-12-9-6-3)80-74(77)68-65-62-59-56-53-50-46-29-26-23-20-17-14-11-8-5-2/h7,9-10,12,16,18-19,21,25,27-29,31-32,34-35,45-46,51,54,71H,4-6,8,11,13-15,17,20,22-24,26,30,33,36-44,47-50,52-53,55-70H2,1-3H3/b10-7-,12-9-,19-16-,21-18-,28-25-,32-31-,35-34-,45-27-,46-29-,54-51-. The van der Waals surface area contributed by atoms with Gasteiger partial charge in [-0.1, -0.05) is 284 Å². The molecule has 456 valence electrons. The van der Waals surface area contributed by atoms with Crippen molar-refractivity contribution in [2.24, 2.45) is 0 Å². The molecule has 0 radical (unpaired) electrons. The Balaban J connectivity index is 4.28. The zero-order chi connectivity index (χ0) is 57.8. The Morgan fingerprint density at radius 3 is 0.800 bits per heavy atom. The topological polar surface area (TPSA) is 78.9 Å². The molecule has 6 heteroatoms. The summed E-state index contributed by atoms with van der Waals surface area (Å²) in [5.41, 5.74) is 0. The lowest BCUT2D eigenvalue weighted by atomic mass is 10.0. The number of hydrogen-bond donors (Lipinski definition) is 0. The number of carbonyl (C=O) groups excluding carboxylic acids is 3. The fourth-order valence-corrected chi connectivity index (χ4v) is 9.22. The number of esters is 3. The lowest BCUT2D eigenvalue weighted by Crippen LogP contribution is -2.30. The molecular weight excluding hydrogens is 985 g/mol. The van der Waals surface area contributed by atoms with Crippen LogP contribution in [0.4, 0.5) is 0 Å². The van der Waals surface area contributed by atoms with E-state index < -0.39 is 6.10 Å². The molecule has 0 fully saturated rings. The van der Waals surface area contributed by atoms with Gasteiger partial charge in [0.15, 0.2) is 6.10 Å². The molecule has 0 amide bonds. The second kappa shape index (κ2) is 67.3. The van der Waals surface area contributed by atoms with Crippen molar-refractivity contribution in [1.29, 1.82) is 0 Å². The second-order valence-electron chi connectivity index (χ2n) is 22.0. The minimum atomic E-state index is -0.802. The lowest BCUT2D eigenvalue weighted by Gasteiger charge is -2.18. The minimum absolute atomic E-state index is 0.0947. The molecule has 0 heterocycles. The summed E-state index contributed by atoms with van der Waals surface area (Å²) >= 11 is 0. The van der Waals surface area contributed by atoms with Crippen LogP contribution in [-0.4, -0.2) is 37.2 Å². The predicted molar refractivity (Wildman–Crippen MR) is 348 cm³/mol. The Morgan fingerprint density at radius 1 is 0.263 bits per heavy atom. The Hall–Kier alpha value is -4.19. The number of rotatable bonds is 60. The average molecular weight is 1110 g/mol. The molecule has 0 aliphatic heterocycles. The van der Waals surface area contributed by atoms with Crippen LogP contribution >= 0.6 is 0 Å². The largest absolute Gasteiger partial charge is 0.462 e. The van der Waals surface area contributed by atoms with Crippen LogP contribution in [0.25, 0.3) is 0 Å². The normalized spacial score (nSPS) is 12.9. The van der Waals surface area contributed by atoms with E-state index >= 15 is 0 Å². The first-order valence-corrected chi connectivity index (χ1v) is 33.5. The van der Waals surface area contributed by atoms with Crippen molar-refractivity contribution in [2.45, 2.75) is 316 Å². The monoisotopic (exact) mass is 1110 g/mol. The van der Waals surface area contributed by atoms with Crippen molar-refractivity contribution in [3.8, 4) is 0 Å². The molecule has 0 saturated carbocycles. The van der Waals surface area contributed by atoms with E-state index in [0.717, 1.165) is 128 Å². The summed E-state index contributed by atoms with van der Waals surface area (Å²) in [7, 11) is 0. The highest BCUT2D eigenvalue weighted by Gasteiger charge is 2.19. The van der Waals surface area contributed by atoms with E-state index in [9.17, 15) is 14.4 Å². The Morgan fingerprint density at radius 2 is 0.487 bits per heavy atom. The summed E-state index contributed by atoms with van der Waals surface area (Å²) < 4.78 is 16.9. The summed E-state index contributed by atoms with van der Waals surface area (Å²) in [6.45, 7) is 6.39. The van der Waals surface area contributed by atoms with Gasteiger partial charge in [0.25, 0.3) is 0 Å². The van der Waals surface area contributed by atoms with Crippen LogP contribution in [0.15, 0.2) is 122 Å². The fraction of sp³-hybridized carbons (Fsp3) is 0.689. The molecule has 0 aromatic rings. The first kappa shape index (κ1) is 75.8. The summed E-state index contributed by atoms with van der Waals surface area (Å²) in [5.74, 6) is -0.939. The van der Waals surface area contributed by atoms with E-state index in [4.69, 9.17) is 14.2 Å². The van der Waals surface area contributed by atoms with Crippen LogP contribution in [0.1, 0.15) is 310 Å². The van der Waals surface area contributed by atoms with Crippen LogP contribution in [0.3, 0.4) is 0 Å². The average Bonchev–Trinajstić information content (AvgIpc) is 3.46. The molecule has 0 aromatic carbocycles. The number of ether oxygens (including phenoxy) is 3. The molecule has 1 atom stereocenters. The van der Waals surface area contributed by atoms with Crippen molar-refractivity contribution in [3.63, 3.8) is 0 Å². The number of unbranched alkanes of at least 4 members (excludes halogenated alkanes) is 29. The highest BCUT2D eigenvalue weighted by molar-refractivity contribution is 5.71. The molecule has 0 N–H and O–H groups in total. The molecule has 0 aliphatic carbocycles. The molecule has 0 spiro atoms. The van der Waals surface area contributed by atoms with Crippen molar-refractivity contribution in [2.75, 3.05) is 13.2 Å². The minimum Gasteiger partial charge on any atom is -0.462 e. The van der Waals surface area contributed by atoms with Gasteiger partial charge in [-0.2, -0.15) is 0 Å². The Kier molecular flexibility index (Phi) is 63.8. The molecule has 0 saturated heterocycles. The maximum Gasteiger partial charge on any atom is 0.306 e. The Labute approximate surface area is 494 Å². The third-order valence-corrected chi connectivity index (χ3v) is 14.2. The van der Waals surface area contributed by atoms with Gasteiger partial charge >= 0.3 is 17.9 Å². The third kappa shape index (κ3) is 64.6. The lowest BCUT2D eigenvalue weighted by molar-refractivity contribution is -0.167. The quantitative estimate of drug-likeness (QED) is 0.0261. The van der Waals surface area contributed by atoms with Crippen molar-refractivity contribution >= 4 is 17.9 Å². The predicted octanol–water partition coefficient (Wildman–Crippen LogP) is 23.2. The van der Waals surface area contributed by atoms with Gasteiger partial charge in [-0.15, -0.1) is 0 Å². The van der Waals surface area contributed by atoms with Crippen molar-refractivity contribution < 1.29 is 28.6 Å². The van der Waals surface area contributed by atoms with Crippen molar-refractivity contribution in [1.82, 2.24) is 0 Å². The summed E-state index contributed by atoms with van der Waals surface area (Å²) in [5, 5.41) is 0. The molecular formula is C74H124O6. The maximum absolute atomic E-state index is 12.9. The van der Waals surface area contributed by atoms with Gasteiger partial charge in [0.05, 0.1) is 0 Å².